The number of hydrogen-bond acceptors (Lipinski definition) is 5. The molecule has 0 atom stereocenters. The molecule has 0 aromatic carbocycles. The molecule has 3 N–H and O–H groups in total. The van der Waals surface area contributed by atoms with E-state index in [9.17, 15) is 9.59 Å². The SMILES string of the molecule is C=CC(=O)OC(=O)CN.O=CO. The third-order valence-electron chi connectivity index (χ3n) is 0.548. The Morgan fingerprint density at radius 3 is 2.25 bits per heavy atom. The summed E-state index contributed by atoms with van der Waals surface area (Å²) in [7, 11) is 0. The maximum Gasteiger partial charge on any atom is 0.337 e. The Balaban J connectivity index is 0. The quantitative estimate of drug-likeness (QED) is 0.239. The van der Waals surface area contributed by atoms with Crippen molar-refractivity contribution in [3.8, 4) is 0 Å². The summed E-state index contributed by atoms with van der Waals surface area (Å²) in [6.07, 6.45) is 0.896. The van der Waals surface area contributed by atoms with Crippen LogP contribution in [0.25, 0.3) is 0 Å². The second-order valence-electron chi connectivity index (χ2n) is 1.31. The zero-order valence-electron chi connectivity index (χ0n) is 6.23. The van der Waals surface area contributed by atoms with E-state index >= 15 is 0 Å². The van der Waals surface area contributed by atoms with Gasteiger partial charge >= 0.3 is 11.9 Å². The molecule has 6 nitrogen and oxygen atoms in total. The number of ether oxygens (including phenoxy) is 1. The predicted molar refractivity (Wildman–Crippen MR) is 39.0 cm³/mol. The van der Waals surface area contributed by atoms with Crippen LogP contribution in [0.1, 0.15) is 0 Å². The highest BCUT2D eigenvalue weighted by molar-refractivity contribution is 5.92. The number of rotatable bonds is 2. The van der Waals surface area contributed by atoms with Crippen LogP contribution in [0.15, 0.2) is 12.7 Å². The molecule has 6 heteroatoms. The van der Waals surface area contributed by atoms with E-state index in [1.54, 1.807) is 0 Å². The van der Waals surface area contributed by atoms with Crippen molar-refractivity contribution in [2.24, 2.45) is 5.73 Å². The first-order valence-electron chi connectivity index (χ1n) is 2.77. The lowest BCUT2D eigenvalue weighted by molar-refractivity contribution is -0.155. The second-order valence-corrected chi connectivity index (χ2v) is 1.31. The van der Waals surface area contributed by atoms with Crippen LogP contribution in [0.4, 0.5) is 0 Å². The standard InChI is InChI=1S/C5H7NO3.CH2O2/c1-2-4(7)9-5(8)3-6;2-1-3/h2H,1,3,6H2;1H,(H,2,3). The van der Waals surface area contributed by atoms with Crippen LogP contribution < -0.4 is 5.73 Å². The van der Waals surface area contributed by atoms with Crippen LogP contribution >= 0.6 is 0 Å². The molecular formula is C6H9NO5. The van der Waals surface area contributed by atoms with Crippen LogP contribution in [0.5, 0.6) is 0 Å². The molecular weight excluding hydrogens is 166 g/mol. The Kier molecular flexibility index (Phi) is 10.0. The summed E-state index contributed by atoms with van der Waals surface area (Å²) in [6, 6.07) is 0. The largest absolute Gasteiger partial charge is 0.483 e. The Morgan fingerprint density at radius 2 is 2.00 bits per heavy atom. The molecule has 0 fully saturated rings. The number of carboxylic acid groups (broad SMARTS) is 1. The van der Waals surface area contributed by atoms with Crippen LogP contribution in [-0.2, 0) is 19.1 Å². The first kappa shape index (κ1) is 12.9. The minimum Gasteiger partial charge on any atom is -0.483 e. The van der Waals surface area contributed by atoms with Crippen molar-refractivity contribution in [2.45, 2.75) is 0 Å². The van der Waals surface area contributed by atoms with Crippen LogP contribution in [0.2, 0.25) is 0 Å². The third-order valence-corrected chi connectivity index (χ3v) is 0.548. The lowest BCUT2D eigenvalue weighted by Gasteiger charge is -1.93. The average molecular weight is 175 g/mol. The van der Waals surface area contributed by atoms with Gasteiger partial charge in [0.2, 0.25) is 0 Å². The van der Waals surface area contributed by atoms with Gasteiger partial charge in [0.25, 0.3) is 6.47 Å². The molecule has 12 heavy (non-hydrogen) atoms. The fraction of sp³-hybridized carbons (Fsp3) is 0.167. The van der Waals surface area contributed by atoms with Crippen molar-refractivity contribution in [3.63, 3.8) is 0 Å². The number of hydrogen-bond donors (Lipinski definition) is 2. The molecule has 0 amide bonds. The average Bonchev–Trinajstić information content (AvgIpc) is 2.05. The summed E-state index contributed by atoms with van der Waals surface area (Å²) in [5.41, 5.74) is 4.81. The van der Waals surface area contributed by atoms with E-state index < -0.39 is 11.9 Å². The molecule has 0 rings (SSSR count). The summed E-state index contributed by atoms with van der Waals surface area (Å²) < 4.78 is 4.03. The van der Waals surface area contributed by atoms with Crippen molar-refractivity contribution >= 4 is 18.4 Å². The van der Waals surface area contributed by atoms with E-state index in [1.165, 1.54) is 0 Å². The molecule has 0 spiro atoms. The summed E-state index contributed by atoms with van der Waals surface area (Å²) in [5.74, 6) is -1.52. The van der Waals surface area contributed by atoms with Crippen molar-refractivity contribution < 1.29 is 24.2 Å². The monoisotopic (exact) mass is 175 g/mol. The van der Waals surface area contributed by atoms with Gasteiger partial charge in [-0.1, -0.05) is 6.58 Å². The molecule has 68 valence electrons. The minimum atomic E-state index is -0.773. The van der Waals surface area contributed by atoms with E-state index in [4.69, 9.17) is 15.6 Å². The number of carbonyl (C=O) groups is 3. The van der Waals surface area contributed by atoms with Gasteiger partial charge in [-0.2, -0.15) is 0 Å². The molecule has 0 aliphatic rings. The maximum atomic E-state index is 10.2. The Hall–Kier alpha value is -1.69. The van der Waals surface area contributed by atoms with E-state index in [1.807, 2.05) is 0 Å². The summed E-state index contributed by atoms with van der Waals surface area (Å²) in [5, 5.41) is 6.89. The predicted octanol–water partition coefficient (Wildman–Crippen LogP) is -1.10. The van der Waals surface area contributed by atoms with Crippen molar-refractivity contribution in [2.75, 3.05) is 6.54 Å². The van der Waals surface area contributed by atoms with Crippen LogP contribution in [0, 0.1) is 0 Å². The highest BCUT2D eigenvalue weighted by Gasteiger charge is 2.01. The highest BCUT2D eigenvalue weighted by Crippen LogP contribution is 1.77. The van der Waals surface area contributed by atoms with E-state index in [0.29, 0.717) is 0 Å². The lowest BCUT2D eigenvalue weighted by Crippen LogP contribution is -2.19. The Morgan fingerprint density at radius 1 is 1.58 bits per heavy atom. The van der Waals surface area contributed by atoms with Gasteiger partial charge in [0.05, 0.1) is 6.54 Å². The summed E-state index contributed by atoms with van der Waals surface area (Å²) in [6.45, 7) is 2.54. The van der Waals surface area contributed by atoms with Gasteiger partial charge < -0.3 is 15.6 Å². The summed E-state index contributed by atoms with van der Waals surface area (Å²) >= 11 is 0. The van der Waals surface area contributed by atoms with Gasteiger partial charge in [-0.3, -0.25) is 9.59 Å². The molecule has 0 aromatic heterocycles. The normalized spacial score (nSPS) is 7.08. The molecule has 0 bridgehead atoms. The van der Waals surface area contributed by atoms with Gasteiger partial charge in [0, 0.05) is 6.08 Å². The van der Waals surface area contributed by atoms with Crippen molar-refractivity contribution in [1.82, 2.24) is 0 Å². The Bertz CT molecular complexity index is 177. The number of esters is 2. The zero-order chi connectivity index (χ0) is 9.98. The van der Waals surface area contributed by atoms with Gasteiger partial charge in [-0.05, 0) is 0 Å². The van der Waals surface area contributed by atoms with Gasteiger partial charge in [-0.15, -0.1) is 0 Å². The first-order valence-corrected chi connectivity index (χ1v) is 2.77. The van der Waals surface area contributed by atoms with E-state index in [0.717, 1.165) is 6.08 Å². The molecule has 0 heterocycles. The molecule has 0 radical (unpaired) electrons. The van der Waals surface area contributed by atoms with E-state index in [-0.39, 0.29) is 13.0 Å². The second kappa shape index (κ2) is 9.31. The number of carbonyl (C=O) groups excluding carboxylic acids is 2. The topological polar surface area (TPSA) is 107 Å². The minimum absolute atomic E-state index is 0.250. The lowest BCUT2D eigenvalue weighted by atomic mass is 10.6. The maximum absolute atomic E-state index is 10.2. The van der Waals surface area contributed by atoms with Gasteiger partial charge in [-0.25, -0.2) is 4.79 Å². The van der Waals surface area contributed by atoms with Crippen molar-refractivity contribution in [3.05, 3.63) is 12.7 Å². The fourth-order valence-corrected chi connectivity index (χ4v) is 0.196. The summed E-state index contributed by atoms with van der Waals surface area (Å²) in [4.78, 5) is 28.7. The molecule has 0 unspecified atom stereocenters. The van der Waals surface area contributed by atoms with Gasteiger partial charge in [0.15, 0.2) is 0 Å². The molecule has 0 aromatic rings. The third kappa shape index (κ3) is 11.2. The fourth-order valence-electron chi connectivity index (χ4n) is 0.196. The van der Waals surface area contributed by atoms with Crippen LogP contribution in [0.3, 0.4) is 0 Å². The molecule has 0 aliphatic carbocycles. The molecule has 0 aliphatic heterocycles. The smallest absolute Gasteiger partial charge is 0.337 e. The first-order chi connectivity index (χ1) is 5.62. The zero-order valence-corrected chi connectivity index (χ0v) is 6.23. The van der Waals surface area contributed by atoms with Crippen molar-refractivity contribution in [1.29, 1.82) is 0 Å². The number of nitrogens with two attached hydrogens (primary N) is 1. The van der Waals surface area contributed by atoms with Crippen LogP contribution in [-0.4, -0.2) is 30.1 Å². The molecule has 0 saturated heterocycles. The van der Waals surface area contributed by atoms with E-state index in [2.05, 4.69) is 11.3 Å². The highest BCUT2D eigenvalue weighted by atomic mass is 16.6. The Labute approximate surface area is 68.6 Å². The van der Waals surface area contributed by atoms with Gasteiger partial charge in [0.1, 0.15) is 0 Å². The molecule has 0 saturated carbocycles.